The molecule has 10 atom stereocenters. The Morgan fingerprint density at radius 2 is 1.74 bits per heavy atom. The minimum Gasteiger partial charge on any atom is -0.455 e. The number of fused-ring (bicyclic) bond motifs is 1. The van der Waals surface area contributed by atoms with E-state index in [1.165, 1.54) is 44.7 Å². The number of imidazole rings is 1. The predicted octanol–water partition coefficient (Wildman–Crippen LogP) is 3.24. The molecule has 5 heterocycles. The van der Waals surface area contributed by atoms with E-state index in [0.29, 0.717) is 11.3 Å². The fourth-order valence-corrected chi connectivity index (χ4v) is 10.6. The van der Waals surface area contributed by atoms with Gasteiger partial charge in [0, 0.05) is 35.0 Å². The molecule has 0 bridgehead atoms. The summed E-state index contributed by atoms with van der Waals surface area (Å²) in [4.78, 5) is 101. The standard InChI is InChI=1S/C39H53N13O18P2S2/c1-39(2,3)69-38(57)47-23(10-9-22(74-73-4)14-43-37(56)63-15-20-5-7-21(8-6-20)49-50-42)35(54)68-31-26(67-34(30(31)53)52-19-46-29-32(41)44-18-45-33(29)52)17-65-72(61,62)70-24-13-28(51-12-11-27(40)48-36(51)55)66-25(24)16-64-71(58,59)60/h5-8,11-12,18-19,22-26,28,30-31,34,53H,9-10,13-17H2,1-4H3,(H,43,56)(H,47,57)(H,61,62)(H2,40,48,55)(H2,41,44,45)(H2,58,59,60)/t22?,23?,24-,25+,26+,28+,30+,31+,34+/m0/s1. The number of azide groups is 1. The zero-order valence-corrected chi connectivity index (χ0v) is 43.1. The van der Waals surface area contributed by atoms with Crippen molar-refractivity contribution in [3.05, 3.63) is 75.7 Å². The van der Waals surface area contributed by atoms with Crippen LogP contribution in [0.25, 0.3) is 21.6 Å². The Kier molecular flexibility index (Phi) is 19.7. The van der Waals surface area contributed by atoms with Gasteiger partial charge in [0.15, 0.2) is 23.8 Å². The lowest BCUT2D eigenvalue weighted by Gasteiger charge is -2.27. The van der Waals surface area contributed by atoms with Crippen molar-refractivity contribution >= 4 is 83.9 Å². The molecule has 404 valence electrons. The van der Waals surface area contributed by atoms with Gasteiger partial charge in [-0.3, -0.25) is 22.7 Å². The molecule has 2 aliphatic rings. The molecule has 31 nitrogen and oxygen atoms in total. The molecular formula is C39H53N13O18P2S2. The first kappa shape index (κ1) is 57.6. The van der Waals surface area contributed by atoms with Crippen LogP contribution in [-0.4, -0.2) is 140 Å². The molecule has 2 aliphatic heterocycles. The number of benzene rings is 1. The first-order chi connectivity index (χ1) is 34.9. The largest absolute Gasteiger partial charge is 0.472 e. The Bertz CT molecular complexity index is 2820. The minimum atomic E-state index is -5.31. The molecule has 1 aromatic carbocycles. The Labute approximate surface area is 427 Å². The number of esters is 1. The van der Waals surface area contributed by atoms with Crippen LogP contribution >= 0.6 is 37.2 Å². The number of phosphoric ester groups is 2. The Morgan fingerprint density at radius 1 is 1.01 bits per heavy atom. The zero-order valence-electron chi connectivity index (χ0n) is 39.7. The van der Waals surface area contributed by atoms with E-state index in [9.17, 15) is 48.1 Å². The number of aliphatic hydroxyl groups is 1. The number of ether oxygens (including phenoxy) is 5. The van der Waals surface area contributed by atoms with Gasteiger partial charge in [0.25, 0.3) is 0 Å². The number of nitrogens with zero attached hydrogens (tertiary/aromatic N) is 9. The molecular weight excluding hydrogens is 1060 g/mol. The van der Waals surface area contributed by atoms with Crippen molar-refractivity contribution in [1.82, 2.24) is 39.7 Å². The molecule has 2 saturated heterocycles. The lowest BCUT2D eigenvalue weighted by molar-refractivity contribution is -0.159. The highest BCUT2D eigenvalue weighted by atomic mass is 33.1. The number of nitrogen functional groups attached to an aromatic ring is 2. The number of nitrogens with one attached hydrogen (secondary N) is 2. The van der Waals surface area contributed by atoms with Crippen LogP contribution in [0.1, 0.15) is 58.1 Å². The number of hydrogen-bond acceptors (Lipinski definition) is 24. The van der Waals surface area contributed by atoms with Crippen LogP contribution in [0, 0.1) is 0 Å². The van der Waals surface area contributed by atoms with Crippen LogP contribution in [0.2, 0.25) is 0 Å². The van der Waals surface area contributed by atoms with E-state index in [-0.39, 0.29) is 55.2 Å². The van der Waals surface area contributed by atoms with Crippen molar-refractivity contribution in [2.45, 2.75) is 107 Å². The summed E-state index contributed by atoms with van der Waals surface area (Å²) in [6, 6.07) is 6.15. The molecule has 10 N–H and O–H groups in total. The number of carbonyl (C=O) groups is 3. The van der Waals surface area contributed by atoms with Crippen LogP contribution < -0.4 is 27.8 Å². The number of carbonyl (C=O) groups excluding carboxylic acids is 3. The molecule has 3 aromatic heterocycles. The van der Waals surface area contributed by atoms with Crippen LogP contribution in [0.5, 0.6) is 0 Å². The SMILES string of the molecule is CSSC(CCC(NC(=O)OC(C)(C)C)C(=O)O[C@H]1[C@@H](O)[C@H](n2cnc3c(N)ncnc32)O[C@@H]1COP(=O)(O)O[C@H]1C[C@H](n2ccc(N)nc2=O)O[C@@H]1COP(=O)(O)O)CNC(=O)OCc1ccc(N=[N+]=[N-])cc1. The molecule has 0 saturated carbocycles. The summed E-state index contributed by atoms with van der Waals surface area (Å²) in [5.74, 6) is -1.28. The number of aliphatic hydroxyl groups excluding tert-OH is 1. The number of amides is 2. The highest BCUT2D eigenvalue weighted by Gasteiger charge is 2.50. The van der Waals surface area contributed by atoms with Gasteiger partial charge in [0.1, 0.15) is 66.6 Å². The lowest BCUT2D eigenvalue weighted by Crippen LogP contribution is -2.48. The van der Waals surface area contributed by atoms with E-state index >= 15 is 0 Å². The van der Waals surface area contributed by atoms with Gasteiger partial charge in [0.2, 0.25) is 0 Å². The van der Waals surface area contributed by atoms with E-state index in [0.717, 1.165) is 10.9 Å². The summed E-state index contributed by atoms with van der Waals surface area (Å²) < 4.78 is 71.4. The number of nitrogens with two attached hydrogens (primary N) is 2. The molecule has 0 aliphatic carbocycles. The molecule has 0 radical (unpaired) electrons. The first-order valence-electron chi connectivity index (χ1n) is 22.0. The third kappa shape index (κ3) is 16.4. The summed E-state index contributed by atoms with van der Waals surface area (Å²) in [5, 5.41) is 20.2. The van der Waals surface area contributed by atoms with Crippen molar-refractivity contribution in [3.63, 3.8) is 0 Å². The molecule has 2 amide bonds. The lowest BCUT2D eigenvalue weighted by atomic mass is 10.1. The van der Waals surface area contributed by atoms with Gasteiger partial charge in [0.05, 0.1) is 19.5 Å². The van der Waals surface area contributed by atoms with Crippen molar-refractivity contribution in [2.24, 2.45) is 5.11 Å². The minimum absolute atomic E-state index is 0.0288. The molecule has 0 spiro atoms. The van der Waals surface area contributed by atoms with Crippen molar-refractivity contribution in [3.8, 4) is 0 Å². The summed E-state index contributed by atoms with van der Waals surface area (Å²) >= 11 is 0. The van der Waals surface area contributed by atoms with E-state index in [2.05, 4.69) is 45.1 Å². The van der Waals surface area contributed by atoms with E-state index in [1.54, 1.807) is 51.3 Å². The van der Waals surface area contributed by atoms with Gasteiger partial charge in [-0.15, -0.1) is 0 Å². The summed E-state index contributed by atoms with van der Waals surface area (Å²) in [7, 11) is -7.71. The highest BCUT2D eigenvalue weighted by Crippen LogP contribution is 2.50. The summed E-state index contributed by atoms with van der Waals surface area (Å²) in [5.41, 5.74) is 19.5. The number of phosphoric acid groups is 2. The van der Waals surface area contributed by atoms with Gasteiger partial charge in [-0.25, -0.2) is 43.3 Å². The first-order valence-corrected chi connectivity index (χ1v) is 27.6. The average molecular weight is 1120 g/mol. The van der Waals surface area contributed by atoms with Gasteiger partial charge in [-0.1, -0.05) is 51.0 Å². The molecule has 4 aromatic rings. The smallest absolute Gasteiger partial charge is 0.455 e. The number of hydrogen-bond donors (Lipinski definition) is 8. The van der Waals surface area contributed by atoms with Crippen LogP contribution in [0.4, 0.5) is 26.9 Å². The van der Waals surface area contributed by atoms with Crippen LogP contribution in [0.3, 0.4) is 0 Å². The normalized spacial score (nSPS) is 22.5. The number of alkyl carbamates (subject to hydrolysis) is 2. The van der Waals surface area contributed by atoms with Gasteiger partial charge in [-0.05, 0) is 57.0 Å². The fourth-order valence-electron chi connectivity index (χ4n) is 7.30. The molecule has 74 heavy (non-hydrogen) atoms. The van der Waals surface area contributed by atoms with E-state index in [1.807, 2.05) is 0 Å². The maximum Gasteiger partial charge on any atom is 0.472 e. The fraction of sp³-hybridized carbons (Fsp3) is 0.538. The molecule has 35 heteroatoms. The van der Waals surface area contributed by atoms with Gasteiger partial charge in [-0.2, -0.15) is 4.98 Å². The maximum atomic E-state index is 14.3. The third-order valence-corrected chi connectivity index (χ3v) is 14.3. The number of aromatic nitrogens is 6. The van der Waals surface area contributed by atoms with Crippen LogP contribution in [0.15, 0.2) is 59.1 Å². The second-order valence-corrected chi connectivity index (χ2v) is 22.5. The molecule has 3 unspecified atom stereocenters. The average Bonchev–Trinajstić information content (AvgIpc) is 4.02. The molecule has 2 fully saturated rings. The third-order valence-electron chi connectivity index (χ3n) is 10.6. The predicted molar refractivity (Wildman–Crippen MR) is 260 cm³/mol. The van der Waals surface area contributed by atoms with Gasteiger partial charge >= 0.3 is 39.5 Å². The second-order valence-electron chi connectivity index (χ2n) is 17.1. The second kappa shape index (κ2) is 25.3. The molecule has 6 rings (SSSR count). The topological polar surface area (TPSA) is 443 Å². The number of anilines is 2. The Hall–Kier alpha value is -5.63. The Balaban J connectivity index is 1.19. The van der Waals surface area contributed by atoms with Crippen molar-refractivity contribution in [2.75, 3.05) is 37.5 Å². The highest BCUT2D eigenvalue weighted by molar-refractivity contribution is 8.76. The Morgan fingerprint density at radius 3 is 2.42 bits per heavy atom. The van der Waals surface area contributed by atoms with Gasteiger partial charge < -0.3 is 65.6 Å². The quantitative estimate of drug-likeness (QED) is 0.0100. The number of rotatable bonds is 23. The maximum absolute atomic E-state index is 14.3. The summed E-state index contributed by atoms with van der Waals surface area (Å²) in [6.45, 7) is 2.90. The monoisotopic (exact) mass is 1120 g/mol. The summed E-state index contributed by atoms with van der Waals surface area (Å²) in [6.07, 6.45) is -7.73. The van der Waals surface area contributed by atoms with E-state index < -0.39 is 113 Å². The zero-order chi connectivity index (χ0) is 54.0. The van der Waals surface area contributed by atoms with Crippen LogP contribution in [-0.2, 0) is 57.8 Å². The van der Waals surface area contributed by atoms with Crippen molar-refractivity contribution in [1.29, 1.82) is 0 Å². The van der Waals surface area contributed by atoms with E-state index in [4.69, 9.17) is 49.7 Å². The van der Waals surface area contributed by atoms with Crippen molar-refractivity contribution < 1.29 is 80.6 Å².